The van der Waals surface area contributed by atoms with Crippen LogP contribution >= 0.6 is 0 Å². The highest BCUT2D eigenvalue weighted by Gasteiger charge is 2.64. The summed E-state index contributed by atoms with van der Waals surface area (Å²) in [5.74, 6) is 0.460. The first-order chi connectivity index (χ1) is 10.8. The van der Waals surface area contributed by atoms with E-state index < -0.39 is 17.6 Å². The zero-order chi connectivity index (χ0) is 16.6. The van der Waals surface area contributed by atoms with Crippen LogP contribution in [0.15, 0.2) is 11.6 Å². The van der Waals surface area contributed by atoms with Gasteiger partial charge in [0.25, 0.3) is 0 Å². The molecule has 4 heteroatoms. The standard InChI is InChI=1S/C19H26O4/c1-18-6-5-11(20)7-10(18)8-13(21)16-12-3-4-15(23)19(12,2)9-14(22)17(16)18/h7,12-14,16-17,21-22H,3-6,8-9H2,1-2H3/t12-,13+,14+,16+,17-,18-,19-/m0/s1. The van der Waals surface area contributed by atoms with Crippen molar-refractivity contribution < 1.29 is 19.8 Å². The predicted octanol–water partition coefficient (Wildman–Crippen LogP) is 2.03. The third kappa shape index (κ3) is 1.91. The summed E-state index contributed by atoms with van der Waals surface area (Å²) in [6.45, 7) is 4.13. The second-order valence-corrected chi connectivity index (χ2v) is 8.69. The van der Waals surface area contributed by atoms with Gasteiger partial charge < -0.3 is 10.2 Å². The lowest BCUT2D eigenvalue weighted by atomic mass is 9.46. The lowest BCUT2D eigenvalue weighted by Crippen LogP contribution is -2.60. The molecule has 0 heterocycles. The Balaban J connectivity index is 1.80. The van der Waals surface area contributed by atoms with Crippen LogP contribution in [-0.4, -0.2) is 34.0 Å². The molecule has 2 N–H and O–H groups in total. The summed E-state index contributed by atoms with van der Waals surface area (Å²) in [4.78, 5) is 24.2. The first kappa shape index (κ1) is 15.5. The molecule has 3 saturated carbocycles. The fourth-order valence-electron chi connectivity index (χ4n) is 6.41. The van der Waals surface area contributed by atoms with Crippen molar-refractivity contribution in [2.45, 2.75) is 64.6 Å². The third-order valence-corrected chi connectivity index (χ3v) is 7.63. The van der Waals surface area contributed by atoms with Gasteiger partial charge in [-0.25, -0.2) is 0 Å². The van der Waals surface area contributed by atoms with Crippen molar-refractivity contribution in [1.29, 1.82) is 0 Å². The van der Waals surface area contributed by atoms with Crippen LogP contribution in [0.4, 0.5) is 0 Å². The molecule has 0 saturated heterocycles. The summed E-state index contributed by atoms with van der Waals surface area (Å²) in [5, 5.41) is 21.8. The van der Waals surface area contributed by atoms with E-state index in [4.69, 9.17) is 0 Å². The first-order valence-corrected chi connectivity index (χ1v) is 8.91. The lowest BCUT2D eigenvalue weighted by molar-refractivity contribution is -0.165. The van der Waals surface area contributed by atoms with Crippen molar-refractivity contribution in [3.63, 3.8) is 0 Å². The van der Waals surface area contributed by atoms with Gasteiger partial charge in [-0.05, 0) is 54.9 Å². The molecule has 0 aliphatic heterocycles. The number of aliphatic hydroxyl groups is 2. The van der Waals surface area contributed by atoms with Crippen LogP contribution in [0.2, 0.25) is 0 Å². The predicted molar refractivity (Wildman–Crippen MR) is 84.5 cm³/mol. The quantitative estimate of drug-likeness (QED) is 0.717. The Bertz CT molecular complexity index is 608. The van der Waals surface area contributed by atoms with Gasteiger partial charge in [0, 0.05) is 18.3 Å². The van der Waals surface area contributed by atoms with E-state index in [-0.39, 0.29) is 34.7 Å². The minimum atomic E-state index is -0.583. The van der Waals surface area contributed by atoms with Gasteiger partial charge in [-0.2, -0.15) is 0 Å². The summed E-state index contributed by atoms with van der Waals surface area (Å²) in [6, 6.07) is 0. The number of aliphatic hydroxyl groups excluding tert-OH is 2. The first-order valence-electron chi connectivity index (χ1n) is 8.91. The van der Waals surface area contributed by atoms with Crippen LogP contribution in [0.1, 0.15) is 52.4 Å². The summed E-state index contributed by atoms with van der Waals surface area (Å²) in [7, 11) is 0. The van der Waals surface area contributed by atoms with Crippen LogP contribution in [0.5, 0.6) is 0 Å². The molecule has 0 spiro atoms. The van der Waals surface area contributed by atoms with E-state index in [0.29, 0.717) is 25.7 Å². The topological polar surface area (TPSA) is 74.6 Å². The molecular weight excluding hydrogens is 292 g/mol. The van der Waals surface area contributed by atoms with E-state index in [1.54, 1.807) is 6.08 Å². The number of ketones is 2. The van der Waals surface area contributed by atoms with Gasteiger partial charge in [-0.3, -0.25) is 9.59 Å². The molecule has 0 aromatic carbocycles. The third-order valence-electron chi connectivity index (χ3n) is 7.63. The number of fused-ring (bicyclic) bond motifs is 5. The van der Waals surface area contributed by atoms with E-state index in [1.807, 2.05) is 6.92 Å². The normalized spacial score (nSPS) is 52.5. The molecule has 4 aliphatic carbocycles. The van der Waals surface area contributed by atoms with Gasteiger partial charge >= 0.3 is 0 Å². The van der Waals surface area contributed by atoms with Crippen molar-refractivity contribution in [2.24, 2.45) is 28.6 Å². The molecule has 0 aromatic heterocycles. The lowest BCUT2D eigenvalue weighted by Gasteiger charge is -2.59. The van der Waals surface area contributed by atoms with Gasteiger partial charge in [-0.1, -0.05) is 19.4 Å². The minimum absolute atomic E-state index is 0.0365. The molecule has 0 unspecified atom stereocenters. The van der Waals surface area contributed by atoms with Gasteiger partial charge in [0.2, 0.25) is 0 Å². The molecule has 0 aromatic rings. The fourth-order valence-corrected chi connectivity index (χ4v) is 6.41. The molecule has 4 nitrogen and oxygen atoms in total. The molecular formula is C19H26O4. The van der Waals surface area contributed by atoms with Gasteiger partial charge in [-0.15, -0.1) is 0 Å². The SMILES string of the molecule is C[C@]12CCC(=O)C=C1C[C@@H](O)[C@@H]1[C@@H]2[C@H](O)C[C@]2(C)C(=O)CC[C@@H]12. The van der Waals surface area contributed by atoms with Crippen molar-refractivity contribution >= 4 is 11.6 Å². The van der Waals surface area contributed by atoms with Crippen molar-refractivity contribution in [3.8, 4) is 0 Å². The highest BCUT2D eigenvalue weighted by molar-refractivity contribution is 5.91. The average Bonchev–Trinajstić information content (AvgIpc) is 2.76. The molecule has 126 valence electrons. The summed E-state index contributed by atoms with van der Waals surface area (Å²) < 4.78 is 0. The summed E-state index contributed by atoms with van der Waals surface area (Å²) in [6.07, 6.45) is 4.25. The summed E-state index contributed by atoms with van der Waals surface area (Å²) >= 11 is 0. The van der Waals surface area contributed by atoms with E-state index in [1.165, 1.54) is 0 Å². The maximum atomic E-state index is 12.4. The molecule has 0 amide bonds. The van der Waals surface area contributed by atoms with Crippen molar-refractivity contribution in [1.82, 2.24) is 0 Å². The number of hydrogen-bond acceptors (Lipinski definition) is 4. The van der Waals surface area contributed by atoms with Crippen LogP contribution in [0.3, 0.4) is 0 Å². The number of hydrogen-bond donors (Lipinski definition) is 2. The van der Waals surface area contributed by atoms with E-state index in [9.17, 15) is 19.8 Å². The molecule has 23 heavy (non-hydrogen) atoms. The highest BCUT2D eigenvalue weighted by atomic mass is 16.3. The molecule has 0 bridgehead atoms. The Labute approximate surface area is 137 Å². The zero-order valence-corrected chi connectivity index (χ0v) is 13.9. The van der Waals surface area contributed by atoms with Gasteiger partial charge in [0.15, 0.2) is 5.78 Å². The van der Waals surface area contributed by atoms with Crippen LogP contribution in [0.25, 0.3) is 0 Å². The number of carbonyl (C=O) groups excluding carboxylic acids is 2. The minimum Gasteiger partial charge on any atom is -0.393 e. The van der Waals surface area contributed by atoms with E-state index >= 15 is 0 Å². The number of carbonyl (C=O) groups is 2. The smallest absolute Gasteiger partial charge is 0.155 e. The number of Topliss-reactive ketones (excluding diaryl/α,β-unsaturated/α-hetero) is 1. The highest BCUT2D eigenvalue weighted by Crippen LogP contribution is 2.64. The monoisotopic (exact) mass is 318 g/mol. The maximum Gasteiger partial charge on any atom is 0.155 e. The Morgan fingerprint density at radius 1 is 1.09 bits per heavy atom. The van der Waals surface area contributed by atoms with E-state index in [0.717, 1.165) is 18.4 Å². The van der Waals surface area contributed by atoms with Gasteiger partial charge in [0.05, 0.1) is 12.2 Å². The molecule has 4 aliphatic rings. The fraction of sp³-hybridized carbons (Fsp3) is 0.789. The number of rotatable bonds is 0. The van der Waals surface area contributed by atoms with Crippen molar-refractivity contribution in [2.75, 3.05) is 0 Å². The Hall–Kier alpha value is -1.00. The molecule has 4 rings (SSSR count). The van der Waals surface area contributed by atoms with Crippen LogP contribution in [0, 0.1) is 28.6 Å². The van der Waals surface area contributed by atoms with Gasteiger partial charge in [0.1, 0.15) is 5.78 Å². The molecule has 0 radical (unpaired) electrons. The summed E-state index contributed by atoms with van der Waals surface area (Å²) in [5.41, 5.74) is 0.308. The molecule has 3 fully saturated rings. The second-order valence-electron chi connectivity index (χ2n) is 8.69. The van der Waals surface area contributed by atoms with Crippen LogP contribution in [-0.2, 0) is 9.59 Å². The van der Waals surface area contributed by atoms with Crippen LogP contribution < -0.4 is 0 Å². The van der Waals surface area contributed by atoms with E-state index in [2.05, 4.69) is 6.92 Å². The Morgan fingerprint density at radius 2 is 1.83 bits per heavy atom. The molecule has 7 atom stereocenters. The Morgan fingerprint density at radius 3 is 2.57 bits per heavy atom. The zero-order valence-electron chi connectivity index (χ0n) is 13.9. The van der Waals surface area contributed by atoms with Crippen molar-refractivity contribution in [3.05, 3.63) is 11.6 Å². The second kappa shape index (κ2) is 4.76. The average molecular weight is 318 g/mol. The largest absolute Gasteiger partial charge is 0.393 e. The Kier molecular flexibility index (Phi) is 3.21. The maximum absolute atomic E-state index is 12.4.